The van der Waals surface area contributed by atoms with Crippen molar-refractivity contribution in [2.75, 3.05) is 13.2 Å². The van der Waals surface area contributed by atoms with Crippen molar-refractivity contribution in [1.29, 1.82) is 0 Å². The lowest BCUT2D eigenvalue weighted by Gasteiger charge is -2.30. The molecule has 1 amide bonds. The molecule has 5 rings (SSSR count). The van der Waals surface area contributed by atoms with Crippen LogP contribution in [-0.4, -0.2) is 40.9 Å². The number of carboxylic acids is 1. The van der Waals surface area contributed by atoms with E-state index in [2.05, 4.69) is 6.08 Å². The molecular weight excluding hydrogens is 492 g/mol. The van der Waals surface area contributed by atoms with Gasteiger partial charge in [0.1, 0.15) is 11.5 Å². The molecule has 1 heterocycles. The van der Waals surface area contributed by atoms with Gasteiger partial charge in [-0.15, -0.1) is 0 Å². The highest BCUT2D eigenvalue weighted by Crippen LogP contribution is 2.45. The van der Waals surface area contributed by atoms with Gasteiger partial charge in [-0.2, -0.15) is 5.10 Å². The zero-order valence-corrected chi connectivity index (χ0v) is 22.2. The van der Waals surface area contributed by atoms with E-state index in [1.165, 1.54) is 11.1 Å². The summed E-state index contributed by atoms with van der Waals surface area (Å²) in [5, 5.41) is 16.2. The Labute approximate surface area is 228 Å². The van der Waals surface area contributed by atoms with Crippen LogP contribution in [0.4, 0.5) is 0 Å². The number of carbonyl (C=O) groups is 2. The van der Waals surface area contributed by atoms with E-state index in [4.69, 9.17) is 14.6 Å². The fourth-order valence-electron chi connectivity index (χ4n) is 5.44. The molecule has 7 nitrogen and oxygen atoms in total. The van der Waals surface area contributed by atoms with E-state index in [9.17, 15) is 14.7 Å². The molecule has 3 aromatic carbocycles. The molecule has 2 atom stereocenters. The molecule has 2 aliphatic rings. The second-order valence-corrected chi connectivity index (χ2v) is 9.60. The minimum atomic E-state index is -1.14. The first kappa shape index (κ1) is 26.2. The number of amides is 1. The molecule has 1 N–H and O–H groups in total. The third-order valence-electron chi connectivity index (χ3n) is 7.16. The molecule has 3 aromatic rings. The summed E-state index contributed by atoms with van der Waals surface area (Å²) in [7, 11) is 0. The zero-order chi connectivity index (χ0) is 27.4. The van der Waals surface area contributed by atoms with Crippen molar-refractivity contribution in [2.24, 2.45) is 11.0 Å². The highest BCUT2D eigenvalue weighted by molar-refractivity contribution is 6.10. The number of nitrogens with zero attached hydrogens (tertiary/aromatic N) is 2. The summed E-state index contributed by atoms with van der Waals surface area (Å²) >= 11 is 0. The number of hydrogen-bond acceptors (Lipinski definition) is 5. The molecule has 1 fully saturated rings. The minimum absolute atomic E-state index is 0.00779. The van der Waals surface area contributed by atoms with Crippen LogP contribution in [0, 0.1) is 5.92 Å². The minimum Gasteiger partial charge on any atom is -0.494 e. The van der Waals surface area contributed by atoms with Gasteiger partial charge in [0, 0.05) is 5.92 Å². The van der Waals surface area contributed by atoms with Crippen molar-refractivity contribution in [2.45, 2.75) is 39.2 Å². The lowest BCUT2D eigenvalue weighted by Crippen LogP contribution is -2.32. The average molecular weight is 525 g/mol. The Bertz CT molecular complexity index is 1410. The zero-order valence-electron chi connectivity index (χ0n) is 22.2. The van der Waals surface area contributed by atoms with Gasteiger partial charge in [0.05, 0.1) is 36.1 Å². The van der Waals surface area contributed by atoms with Gasteiger partial charge in [0.25, 0.3) is 5.91 Å². The molecular formula is C32H32N2O5. The summed E-state index contributed by atoms with van der Waals surface area (Å²) < 4.78 is 11.2. The molecule has 0 spiro atoms. The number of carbonyl (C=O) groups excluding carboxylic acids is 1. The van der Waals surface area contributed by atoms with Gasteiger partial charge in [0.2, 0.25) is 0 Å². The highest BCUT2D eigenvalue weighted by Gasteiger charge is 2.44. The Morgan fingerprint density at radius 1 is 0.923 bits per heavy atom. The van der Waals surface area contributed by atoms with Crippen LogP contribution in [0.5, 0.6) is 11.5 Å². The number of allylic oxidation sites excluding steroid dienone is 1. The van der Waals surface area contributed by atoms with Gasteiger partial charge >= 0.3 is 5.97 Å². The van der Waals surface area contributed by atoms with Gasteiger partial charge in [-0.3, -0.25) is 4.79 Å². The number of rotatable bonds is 8. The van der Waals surface area contributed by atoms with Crippen LogP contribution in [-0.2, 0) is 0 Å². The first-order valence-corrected chi connectivity index (χ1v) is 13.4. The molecule has 0 radical (unpaired) electrons. The van der Waals surface area contributed by atoms with E-state index in [0.717, 1.165) is 53.2 Å². The van der Waals surface area contributed by atoms with Gasteiger partial charge in [0.15, 0.2) is 0 Å². The van der Waals surface area contributed by atoms with Gasteiger partial charge < -0.3 is 14.6 Å². The largest absolute Gasteiger partial charge is 0.494 e. The van der Waals surface area contributed by atoms with Gasteiger partial charge in [-0.05, 0) is 92.3 Å². The molecule has 0 saturated heterocycles. The number of carboxylic acid groups (broad SMARTS) is 1. The third-order valence-corrected chi connectivity index (χ3v) is 7.16. The van der Waals surface area contributed by atoms with Crippen molar-refractivity contribution in [3.8, 4) is 11.5 Å². The number of fused-ring (bicyclic) bond motifs is 1. The predicted octanol–water partition coefficient (Wildman–Crippen LogP) is 6.62. The highest BCUT2D eigenvalue weighted by atomic mass is 16.5. The van der Waals surface area contributed by atoms with Crippen LogP contribution < -0.4 is 9.47 Å². The molecule has 1 saturated carbocycles. The van der Waals surface area contributed by atoms with E-state index in [0.29, 0.717) is 13.2 Å². The van der Waals surface area contributed by atoms with E-state index in [-0.39, 0.29) is 23.1 Å². The Balaban J connectivity index is 1.56. The Kier molecular flexibility index (Phi) is 7.77. The van der Waals surface area contributed by atoms with Crippen LogP contribution in [0.1, 0.15) is 71.0 Å². The molecule has 0 bridgehead atoms. The van der Waals surface area contributed by atoms with E-state index < -0.39 is 11.9 Å². The fourth-order valence-corrected chi connectivity index (χ4v) is 5.44. The van der Waals surface area contributed by atoms with Crippen LogP contribution >= 0.6 is 0 Å². The maximum absolute atomic E-state index is 13.9. The van der Waals surface area contributed by atoms with Crippen molar-refractivity contribution in [3.63, 3.8) is 0 Å². The van der Waals surface area contributed by atoms with Crippen LogP contribution in [0.15, 0.2) is 83.5 Å². The summed E-state index contributed by atoms with van der Waals surface area (Å²) in [6.07, 6.45) is 4.83. The van der Waals surface area contributed by atoms with E-state index in [1.807, 2.05) is 62.4 Å². The maximum atomic E-state index is 13.9. The summed E-state index contributed by atoms with van der Waals surface area (Å²) in [5.74, 6) is 0.00993. The van der Waals surface area contributed by atoms with Gasteiger partial charge in [-0.25, -0.2) is 9.80 Å². The lowest BCUT2D eigenvalue weighted by molar-refractivity contribution is 0.0645. The number of aromatic carboxylic acids is 1. The average Bonchev–Trinajstić information content (AvgIpc) is 3.35. The number of benzene rings is 3. The summed E-state index contributed by atoms with van der Waals surface area (Å²) in [5.41, 5.74) is 4.04. The summed E-state index contributed by atoms with van der Waals surface area (Å²) in [4.78, 5) is 25.9. The number of hydrogen-bond donors (Lipinski definition) is 1. The first-order valence-electron chi connectivity index (χ1n) is 13.4. The van der Waals surface area contributed by atoms with Crippen LogP contribution in [0.25, 0.3) is 6.08 Å². The topological polar surface area (TPSA) is 88.4 Å². The van der Waals surface area contributed by atoms with Crippen molar-refractivity contribution in [1.82, 2.24) is 5.01 Å². The standard InChI is InChI=1S/C32H32N2O5/c1-3-38-24-16-12-21(13-17-24)20-23-8-7-11-28-29(23)33-34(30(28)22-14-18-25(19-15-22)39-4-2)31(35)26-9-5-6-10-27(26)32(36)37/h5-6,9-10,12-20,28,30H,3-4,7-8,11H2,1-2H3,(H,36,37)/b23-20+/t28-,30-/m0/s1. The molecule has 1 aliphatic carbocycles. The maximum Gasteiger partial charge on any atom is 0.336 e. The quantitative estimate of drug-likeness (QED) is 0.358. The number of hydrazone groups is 1. The molecule has 0 unspecified atom stereocenters. The normalized spacial score (nSPS) is 19.4. The second-order valence-electron chi connectivity index (χ2n) is 9.60. The fraction of sp³-hybridized carbons (Fsp3) is 0.281. The molecule has 0 aromatic heterocycles. The second kappa shape index (κ2) is 11.6. The van der Waals surface area contributed by atoms with Crippen LogP contribution in [0.2, 0.25) is 0 Å². The number of ether oxygens (including phenoxy) is 2. The van der Waals surface area contributed by atoms with Crippen molar-refractivity contribution >= 4 is 23.7 Å². The van der Waals surface area contributed by atoms with Gasteiger partial charge in [-0.1, -0.05) is 36.4 Å². The molecule has 1 aliphatic heterocycles. The summed E-state index contributed by atoms with van der Waals surface area (Å²) in [6.45, 7) is 5.07. The van der Waals surface area contributed by atoms with Crippen LogP contribution in [0.3, 0.4) is 0 Å². The molecule has 200 valence electrons. The van der Waals surface area contributed by atoms with E-state index >= 15 is 0 Å². The first-order chi connectivity index (χ1) is 19.0. The van der Waals surface area contributed by atoms with E-state index in [1.54, 1.807) is 18.2 Å². The monoisotopic (exact) mass is 524 g/mol. The summed E-state index contributed by atoms with van der Waals surface area (Å²) in [6, 6.07) is 21.7. The SMILES string of the molecule is CCOc1ccc(/C=C2\CCC[C@H]3C2=NN(C(=O)c2ccccc2C(=O)O)[C@H]3c2ccc(OCC)cc2)cc1. The Hall–Kier alpha value is -4.39. The van der Waals surface area contributed by atoms with Crippen molar-refractivity contribution < 1.29 is 24.2 Å². The Morgan fingerprint density at radius 3 is 2.15 bits per heavy atom. The lowest BCUT2D eigenvalue weighted by atomic mass is 9.77. The molecule has 7 heteroatoms. The predicted molar refractivity (Wildman–Crippen MR) is 150 cm³/mol. The van der Waals surface area contributed by atoms with Crippen molar-refractivity contribution in [3.05, 3.63) is 101 Å². The third kappa shape index (κ3) is 5.43. The Morgan fingerprint density at radius 2 is 1.54 bits per heavy atom. The smallest absolute Gasteiger partial charge is 0.336 e. The molecule has 39 heavy (non-hydrogen) atoms.